The Bertz CT molecular complexity index is 1610. The second-order valence-corrected chi connectivity index (χ2v) is 12.9. The average Bonchev–Trinajstić information content (AvgIpc) is 3.30. The van der Waals surface area contributed by atoms with E-state index in [0.717, 1.165) is 30.4 Å². The number of hydrogen-bond donors (Lipinski definition) is 5. The number of carbonyl (C=O) groups excluding carboxylic acids is 1. The number of aryl methyl sites for hydroxylation is 3. The molecule has 2 aromatic carbocycles. The predicted molar refractivity (Wildman–Crippen MR) is 171 cm³/mol. The van der Waals surface area contributed by atoms with Crippen molar-refractivity contribution in [1.82, 2.24) is 9.97 Å². The van der Waals surface area contributed by atoms with Gasteiger partial charge in [-0.15, -0.1) is 0 Å². The monoisotopic (exact) mass is 619 g/mol. The van der Waals surface area contributed by atoms with Crippen LogP contribution in [0, 0.1) is 31.1 Å². The molecular weight excluding hydrogens is 574 g/mol. The molecule has 1 aromatic heterocycles. The molecule has 10 nitrogen and oxygen atoms in total. The number of carboxylic acids is 1. The van der Waals surface area contributed by atoms with Crippen LogP contribution < -0.4 is 21.7 Å². The number of carboxylic acid groups (broad SMARTS) is 1. The summed E-state index contributed by atoms with van der Waals surface area (Å²) in [5.41, 5.74) is 10.2. The van der Waals surface area contributed by atoms with Crippen molar-refractivity contribution in [2.75, 3.05) is 0 Å². The Morgan fingerprint density at radius 3 is 2.40 bits per heavy atom. The molecule has 242 valence electrons. The largest absolute Gasteiger partial charge is 0.480 e. The quantitative estimate of drug-likeness (QED) is 0.214. The van der Waals surface area contributed by atoms with Gasteiger partial charge in [0.05, 0.1) is 6.10 Å². The Kier molecular flexibility index (Phi) is 10.8. The number of carbonyl (C=O) groups is 2. The number of esters is 1. The zero-order valence-electron chi connectivity index (χ0n) is 26.5. The third kappa shape index (κ3) is 8.18. The molecule has 6 rings (SSSR count). The van der Waals surface area contributed by atoms with Gasteiger partial charge in [-0.2, -0.15) is 0 Å². The van der Waals surface area contributed by atoms with Crippen LogP contribution in [0.5, 0.6) is 5.75 Å². The number of aromatic amines is 2. The second kappa shape index (κ2) is 14.4. The lowest BCUT2D eigenvalue weighted by Crippen LogP contribution is -2.43. The van der Waals surface area contributed by atoms with Gasteiger partial charge < -0.3 is 25.7 Å². The summed E-state index contributed by atoms with van der Waals surface area (Å²) in [4.78, 5) is 46.9. The first kappa shape index (κ1) is 33.9. The summed E-state index contributed by atoms with van der Waals surface area (Å²) in [5, 5.41) is 19.0. The van der Waals surface area contributed by atoms with Gasteiger partial charge in [-0.1, -0.05) is 42.8 Å². The Labute approximate surface area is 263 Å². The number of aliphatic hydroxyl groups excluding tert-OH is 1. The van der Waals surface area contributed by atoms with Gasteiger partial charge in [0.25, 0.3) is 5.56 Å². The van der Waals surface area contributed by atoms with Crippen LogP contribution in [0.2, 0.25) is 0 Å². The van der Waals surface area contributed by atoms with Crippen molar-refractivity contribution in [1.29, 1.82) is 0 Å². The van der Waals surface area contributed by atoms with E-state index in [1.807, 2.05) is 37.3 Å². The summed E-state index contributed by atoms with van der Waals surface area (Å²) in [7, 11) is 0. The molecule has 0 radical (unpaired) electrons. The molecule has 10 heteroatoms. The van der Waals surface area contributed by atoms with E-state index in [-0.39, 0.29) is 23.0 Å². The molecule has 3 aliphatic rings. The molecule has 0 spiro atoms. The van der Waals surface area contributed by atoms with Crippen LogP contribution in [0.15, 0.2) is 58.3 Å². The molecule has 2 saturated carbocycles. The maximum absolute atomic E-state index is 11.2. The van der Waals surface area contributed by atoms with Crippen molar-refractivity contribution in [2.24, 2.45) is 23.0 Å². The lowest BCUT2D eigenvalue weighted by Gasteiger charge is -2.50. The van der Waals surface area contributed by atoms with Crippen LogP contribution in [-0.4, -0.2) is 44.3 Å². The molecule has 0 bridgehead atoms. The first-order valence-electron chi connectivity index (χ1n) is 15.6. The van der Waals surface area contributed by atoms with E-state index < -0.39 is 17.7 Å². The molecule has 2 unspecified atom stereocenters. The molecule has 6 N–H and O–H groups in total. The Balaban J connectivity index is 0.000000176. The molecular formula is C35H45N3O7. The molecule has 45 heavy (non-hydrogen) atoms. The molecule has 1 heterocycles. The predicted octanol–water partition coefficient (Wildman–Crippen LogP) is 4.15. The zero-order valence-corrected chi connectivity index (χ0v) is 26.5. The number of fused-ring (bicyclic) bond motifs is 5. The van der Waals surface area contributed by atoms with Gasteiger partial charge >= 0.3 is 17.6 Å². The van der Waals surface area contributed by atoms with Crippen LogP contribution >= 0.6 is 0 Å². The number of benzene rings is 2. The molecule has 6 atom stereocenters. The summed E-state index contributed by atoms with van der Waals surface area (Å²) >= 11 is 0. The number of nitrogens with one attached hydrogen (secondary N) is 2. The van der Waals surface area contributed by atoms with Gasteiger partial charge in [0.1, 0.15) is 11.8 Å². The minimum absolute atomic E-state index is 0.110. The highest BCUT2D eigenvalue weighted by atomic mass is 16.5. The van der Waals surface area contributed by atoms with Crippen LogP contribution in [-0.2, 0) is 22.4 Å². The topological polar surface area (TPSA) is 176 Å². The summed E-state index contributed by atoms with van der Waals surface area (Å²) in [6.45, 7) is 7.36. The van der Waals surface area contributed by atoms with E-state index in [9.17, 15) is 24.3 Å². The number of aromatic nitrogens is 2. The van der Waals surface area contributed by atoms with Crippen LogP contribution in [0.25, 0.3) is 0 Å². The minimum atomic E-state index is -0.958. The van der Waals surface area contributed by atoms with Gasteiger partial charge in [0.2, 0.25) is 0 Å². The van der Waals surface area contributed by atoms with Crippen molar-refractivity contribution in [3.63, 3.8) is 0 Å². The van der Waals surface area contributed by atoms with Crippen molar-refractivity contribution in [2.45, 2.75) is 90.7 Å². The highest BCUT2D eigenvalue weighted by Crippen LogP contribution is 2.60. The van der Waals surface area contributed by atoms with E-state index in [1.165, 1.54) is 43.5 Å². The van der Waals surface area contributed by atoms with Gasteiger partial charge in [0, 0.05) is 18.7 Å². The molecule has 2 fully saturated rings. The SMILES string of the molecule is CC(=O)Oc1ccc2c(c1)CC[C@H]1C2CC[C@]2(C)C1CC[C@H]2O.Cc1c[nH]c(=O)[nH]c1=O.Cc1ccc(C[C@@H](N)C(=O)O)cc1. The third-order valence-electron chi connectivity index (χ3n) is 9.81. The molecule has 0 saturated heterocycles. The first-order valence-corrected chi connectivity index (χ1v) is 15.6. The number of rotatable bonds is 4. The normalized spacial score (nSPS) is 25.1. The highest BCUT2D eigenvalue weighted by Gasteiger charge is 2.54. The maximum Gasteiger partial charge on any atom is 0.325 e. The fourth-order valence-corrected chi connectivity index (χ4v) is 7.30. The first-order chi connectivity index (χ1) is 21.3. The zero-order chi connectivity index (χ0) is 32.9. The minimum Gasteiger partial charge on any atom is -0.480 e. The van der Waals surface area contributed by atoms with E-state index in [1.54, 1.807) is 6.92 Å². The lowest BCUT2D eigenvalue weighted by atomic mass is 9.55. The van der Waals surface area contributed by atoms with Crippen molar-refractivity contribution >= 4 is 11.9 Å². The van der Waals surface area contributed by atoms with E-state index in [4.69, 9.17) is 15.6 Å². The standard InChI is InChI=1S/C20H26O3.C10H13NO2.C5H6N2O2/c1-12(21)23-14-4-6-15-13(11-14)3-5-17-16(15)9-10-20(2)18(17)7-8-19(20)22;1-7-2-4-8(5-3-7)6-9(11)10(12)13;1-3-2-6-5(9)7-4(3)8/h4,6,11,16-19,22H,3,5,7-10H2,1-2H3;2-5,9H,6,11H2,1H3,(H,12,13);2H,1H3,(H2,6,7,8,9)/t16?,17-,18?,19+,20+;9-;/m01./s1. The number of H-pyrrole nitrogens is 2. The van der Waals surface area contributed by atoms with Gasteiger partial charge in [-0.05, 0) is 111 Å². The van der Waals surface area contributed by atoms with Gasteiger partial charge in [-0.3, -0.25) is 19.4 Å². The third-order valence-corrected chi connectivity index (χ3v) is 9.81. The Morgan fingerprint density at radius 1 is 1.07 bits per heavy atom. The van der Waals surface area contributed by atoms with Crippen molar-refractivity contribution in [3.05, 3.63) is 97.3 Å². The van der Waals surface area contributed by atoms with Crippen molar-refractivity contribution in [3.8, 4) is 5.75 Å². The summed E-state index contributed by atoms with van der Waals surface area (Å²) in [5.74, 6) is 1.45. The van der Waals surface area contributed by atoms with E-state index >= 15 is 0 Å². The lowest BCUT2D eigenvalue weighted by molar-refractivity contribution is -0.138. The maximum atomic E-state index is 11.2. The fraction of sp³-hybridized carbons (Fsp3) is 0.486. The summed E-state index contributed by atoms with van der Waals surface area (Å²) < 4.78 is 5.24. The average molecular weight is 620 g/mol. The van der Waals surface area contributed by atoms with Gasteiger partial charge in [-0.25, -0.2) is 4.79 Å². The summed E-state index contributed by atoms with van der Waals surface area (Å²) in [6.07, 6.45) is 8.38. The van der Waals surface area contributed by atoms with E-state index in [2.05, 4.69) is 29.0 Å². The van der Waals surface area contributed by atoms with Crippen LogP contribution in [0.3, 0.4) is 0 Å². The second-order valence-electron chi connectivity index (χ2n) is 12.9. The van der Waals surface area contributed by atoms with Crippen molar-refractivity contribution < 1.29 is 24.5 Å². The number of hydrogen-bond acceptors (Lipinski definition) is 7. The number of aliphatic hydroxyl groups is 1. The smallest absolute Gasteiger partial charge is 0.325 e. The number of ether oxygens (including phenoxy) is 1. The Morgan fingerprint density at radius 2 is 1.78 bits per heavy atom. The molecule has 3 aliphatic carbocycles. The van der Waals surface area contributed by atoms with E-state index in [0.29, 0.717) is 35.5 Å². The fourth-order valence-electron chi connectivity index (χ4n) is 7.30. The number of nitrogens with two attached hydrogens (primary N) is 1. The molecule has 0 amide bonds. The molecule has 3 aromatic rings. The highest BCUT2D eigenvalue weighted by molar-refractivity contribution is 5.73. The van der Waals surface area contributed by atoms with Crippen LogP contribution in [0.4, 0.5) is 0 Å². The van der Waals surface area contributed by atoms with Gasteiger partial charge in [0.15, 0.2) is 0 Å². The Hall–Kier alpha value is -4.02. The number of aliphatic carboxylic acids is 1. The molecule has 0 aliphatic heterocycles. The van der Waals surface area contributed by atoms with Crippen LogP contribution in [0.1, 0.15) is 79.7 Å². The summed E-state index contributed by atoms with van der Waals surface area (Å²) in [6, 6.07) is 13.1.